The lowest BCUT2D eigenvalue weighted by Crippen LogP contribution is -2.58. The molecule has 0 aromatic rings. The number of amides is 5. The van der Waals surface area contributed by atoms with E-state index in [0.29, 0.717) is 0 Å². The monoisotopic (exact) mass is 488 g/mol. The van der Waals surface area contributed by atoms with Gasteiger partial charge in [0.05, 0.1) is 12.5 Å². The smallest absolute Gasteiger partial charge is 0.326 e. The van der Waals surface area contributed by atoms with Gasteiger partial charge < -0.3 is 43.4 Å². The van der Waals surface area contributed by atoms with Crippen LogP contribution in [0.3, 0.4) is 0 Å². The fourth-order valence-corrected chi connectivity index (χ4v) is 2.69. The number of carbonyl (C=O) groups excluding carboxylic acids is 5. The quantitative estimate of drug-likeness (QED) is 0.106. The van der Waals surface area contributed by atoms with Gasteiger partial charge in [-0.05, 0) is 18.8 Å². The van der Waals surface area contributed by atoms with Gasteiger partial charge in [-0.25, -0.2) is 4.79 Å². The third-order valence-corrected chi connectivity index (χ3v) is 4.59. The maximum absolute atomic E-state index is 12.7. The maximum atomic E-state index is 12.7. The third kappa shape index (κ3) is 11.8. The maximum Gasteiger partial charge on any atom is 0.326 e. The second-order valence-corrected chi connectivity index (χ2v) is 7.91. The Balaban J connectivity index is 5.42. The molecule has 0 radical (unpaired) electrons. The summed E-state index contributed by atoms with van der Waals surface area (Å²) >= 11 is 0. The predicted octanol–water partition coefficient (Wildman–Crippen LogP) is -3.49. The highest BCUT2D eigenvalue weighted by molar-refractivity contribution is 5.95. The minimum Gasteiger partial charge on any atom is -0.481 e. The standard InChI is InChI=1S/C19H32N6O9/c1-8(2)15(18(32)23-10(19(33)34)4-6-13(22)27)25-17(31)11(7-14(28)29)24-16(30)9(20)3-5-12(21)26/h8-11,15H,3-7,20H2,1-2H3,(H2,21,26)(H2,22,27)(H,23,32)(H,24,30)(H,25,31)(H,28,29)(H,33,34). The number of nitrogens with one attached hydrogen (secondary N) is 3. The number of rotatable bonds is 16. The molecule has 5 amide bonds. The van der Waals surface area contributed by atoms with Gasteiger partial charge in [0.1, 0.15) is 18.1 Å². The summed E-state index contributed by atoms with van der Waals surface area (Å²) in [6.45, 7) is 3.07. The van der Waals surface area contributed by atoms with E-state index in [4.69, 9.17) is 22.3 Å². The first-order valence-corrected chi connectivity index (χ1v) is 10.3. The number of carbonyl (C=O) groups is 7. The molecule has 0 saturated heterocycles. The average Bonchev–Trinajstić information content (AvgIpc) is 2.71. The van der Waals surface area contributed by atoms with Crippen molar-refractivity contribution < 1.29 is 43.8 Å². The highest BCUT2D eigenvalue weighted by atomic mass is 16.4. The lowest BCUT2D eigenvalue weighted by Gasteiger charge is -2.26. The molecule has 11 N–H and O–H groups in total. The van der Waals surface area contributed by atoms with E-state index in [1.54, 1.807) is 0 Å². The van der Waals surface area contributed by atoms with Gasteiger partial charge in [-0.3, -0.25) is 28.8 Å². The van der Waals surface area contributed by atoms with Gasteiger partial charge in [-0.2, -0.15) is 0 Å². The molecule has 4 atom stereocenters. The molecule has 0 aliphatic rings. The second-order valence-electron chi connectivity index (χ2n) is 7.91. The Kier molecular flexibility index (Phi) is 12.8. The molecule has 0 bridgehead atoms. The predicted molar refractivity (Wildman–Crippen MR) is 115 cm³/mol. The van der Waals surface area contributed by atoms with Gasteiger partial charge in [0.2, 0.25) is 29.5 Å². The summed E-state index contributed by atoms with van der Waals surface area (Å²) < 4.78 is 0. The fourth-order valence-electron chi connectivity index (χ4n) is 2.69. The average molecular weight is 488 g/mol. The van der Waals surface area contributed by atoms with Crippen molar-refractivity contribution in [1.82, 2.24) is 16.0 Å². The van der Waals surface area contributed by atoms with E-state index in [9.17, 15) is 38.7 Å². The van der Waals surface area contributed by atoms with Crippen molar-refractivity contribution in [3.63, 3.8) is 0 Å². The molecule has 0 spiro atoms. The fraction of sp³-hybridized carbons (Fsp3) is 0.632. The molecular weight excluding hydrogens is 456 g/mol. The van der Waals surface area contributed by atoms with Crippen LogP contribution in [0, 0.1) is 5.92 Å². The highest BCUT2D eigenvalue weighted by Gasteiger charge is 2.32. The van der Waals surface area contributed by atoms with Crippen LogP contribution in [0.1, 0.15) is 46.0 Å². The van der Waals surface area contributed by atoms with E-state index in [-0.39, 0.29) is 25.7 Å². The minimum atomic E-state index is -1.62. The molecule has 15 heteroatoms. The van der Waals surface area contributed by atoms with Crippen molar-refractivity contribution in [3.8, 4) is 0 Å². The van der Waals surface area contributed by atoms with Crippen LogP contribution in [0.2, 0.25) is 0 Å². The third-order valence-electron chi connectivity index (χ3n) is 4.59. The zero-order valence-electron chi connectivity index (χ0n) is 18.9. The van der Waals surface area contributed by atoms with Crippen molar-refractivity contribution in [3.05, 3.63) is 0 Å². The molecule has 0 fully saturated rings. The van der Waals surface area contributed by atoms with Gasteiger partial charge >= 0.3 is 11.9 Å². The van der Waals surface area contributed by atoms with E-state index < -0.39 is 78.0 Å². The number of nitrogens with two attached hydrogens (primary N) is 3. The molecule has 192 valence electrons. The number of primary amides is 2. The van der Waals surface area contributed by atoms with Gasteiger partial charge in [-0.15, -0.1) is 0 Å². The summed E-state index contributed by atoms with van der Waals surface area (Å²) in [7, 11) is 0. The Labute approximate surface area is 195 Å². The largest absolute Gasteiger partial charge is 0.481 e. The van der Waals surface area contributed by atoms with Gasteiger partial charge in [0.15, 0.2) is 0 Å². The van der Waals surface area contributed by atoms with Gasteiger partial charge in [-0.1, -0.05) is 13.8 Å². The number of hydrogen-bond donors (Lipinski definition) is 8. The Morgan fingerprint density at radius 2 is 1.24 bits per heavy atom. The van der Waals surface area contributed by atoms with Crippen LogP contribution >= 0.6 is 0 Å². The summed E-state index contributed by atoms with van der Waals surface area (Å²) in [5.74, 6) is -7.76. The first kappa shape index (κ1) is 30.2. The molecule has 0 aromatic heterocycles. The van der Waals surface area contributed by atoms with E-state index in [2.05, 4.69) is 16.0 Å². The minimum absolute atomic E-state index is 0.137. The molecule has 4 unspecified atom stereocenters. The topological polar surface area (TPSA) is 274 Å². The van der Waals surface area contributed by atoms with Crippen LogP contribution in [-0.4, -0.2) is 75.9 Å². The SMILES string of the molecule is CC(C)C(NC(=O)C(CC(=O)O)NC(=O)C(N)CCC(N)=O)C(=O)NC(CCC(N)=O)C(=O)O. The van der Waals surface area contributed by atoms with Gasteiger partial charge in [0, 0.05) is 12.8 Å². The van der Waals surface area contributed by atoms with Crippen LogP contribution in [0.4, 0.5) is 0 Å². The summed E-state index contributed by atoms with van der Waals surface area (Å²) in [6, 6.07) is -5.64. The molecule has 0 heterocycles. The summed E-state index contributed by atoms with van der Waals surface area (Å²) in [4.78, 5) is 81.8. The van der Waals surface area contributed by atoms with E-state index in [0.717, 1.165) is 0 Å². The van der Waals surface area contributed by atoms with Crippen LogP contribution in [-0.2, 0) is 33.6 Å². The van der Waals surface area contributed by atoms with Crippen LogP contribution in [0.5, 0.6) is 0 Å². The number of aliphatic carboxylic acids is 2. The van der Waals surface area contributed by atoms with Crippen LogP contribution < -0.4 is 33.2 Å². The molecular formula is C19H32N6O9. The van der Waals surface area contributed by atoms with Crippen molar-refractivity contribution in [2.75, 3.05) is 0 Å². The van der Waals surface area contributed by atoms with Crippen molar-refractivity contribution >= 4 is 41.5 Å². The number of carboxylic acids is 2. The zero-order valence-corrected chi connectivity index (χ0v) is 18.9. The van der Waals surface area contributed by atoms with E-state index >= 15 is 0 Å². The molecule has 0 aromatic carbocycles. The Morgan fingerprint density at radius 1 is 0.735 bits per heavy atom. The number of carboxylic acid groups (broad SMARTS) is 2. The highest BCUT2D eigenvalue weighted by Crippen LogP contribution is 2.07. The Hall–Kier alpha value is -3.75. The molecule has 0 aliphatic heterocycles. The molecule has 34 heavy (non-hydrogen) atoms. The molecule has 0 saturated carbocycles. The summed E-state index contributed by atoms with van der Waals surface area (Å²) in [5.41, 5.74) is 15.6. The van der Waals surface area contributed by atoms with Crippen molar-refractivity contribution in [2.24, 2.45) is 23.1 Å². The molecule has 0 rings (SSSR count). The van der Waals surface area contributed by atoms with E-state index in [1.807, 2.05) is 0 Å². The normalized spacial score (nSPS) is 14.2. The van der Waals surface area contributed by atoms with Crippen LogP contribution in [0.25, 0.3) is 0 Å². The Bertz CT molecular complexity index is 801. The lowest BCUT2D eigenvalue weighted by molar-refractivity contribution is -0.144. The molecule has 0 aliphatic carbocycles. The van der Waals surface area contributed by atoms with Gasteiger partial charge in [0.25, 0.3) is 0 Å². The first-order valence-electron chi connectivity index (χ1n) is 10.3. The summed E-state index contributed by atoms with van der Waals surface area (Å²) in [5, 5.41) is 25.0. The first-order chi connectivity index (χ1) is 15.6. The van der Waals surface area contributed by atoms with Crippen molar-refractivity contribution in [1.29, 1.82) is 0 Å². The summed E-state index contributed by atoms with van der Waals surface area (Å²) in [6.07, 6.45) is -1.78. The lowest BCUT2D eigenvalue weighted by atomic mass is 10.0. The number of hydrogen-bond acceptors (Lipinski definition) is 8. The zero-order chi connectivity index (χ0) is 26.6. The second kappa shape index (κ2) is 14.4. The molecule has 15 nitrogen and oxygen atoms in total. The van der Waals surface area contributed by atoms with Crippen molar-refractivity contribution in [2.45, 2.75) is 70.1 Å². The van der Waals surface area contributed by atoms with E-state index in [1.165, 1.54) is 13.8 Å². The van der Waals surface area contributed by atoms with Crippen LogP contribution in [0.15, 0.2) is 0 Å². The Morgan fingerprint density at radius 3 is 1.68 bits per heavy atom.